The summed E-state index contributed by atoms with van der Waals surface area (Å²) in [7, 11) is 0. The molecule has 2 amide bonds. The molecule has 0 aliphatic carbocycles. The van der Waals surface area contributed by atoms with E-state index in [-0.39, 0.29) is 5.69 Å². The number of nitrogens with zero attached hydrogens (tertiary/aromatic N) is 2. The first-order valence-electron chi connectivity index (χ1n) is 9.78. The first-order valence-corrected chi connectivity index (χ1v) is 10.8. The van der Waals surface area contributed by atoms with Crippen molar-refractivity contribution in [3.63, 3.8) is 0 Å². The van der Waals surface area contributed by atoms with Crippen LogP contribution >= 0.6 is 11.8 Å². The number of aromatic nitrogens is 3. The van der Waals surface area contributed by atoms with Gasteiger partial charge in [-0.3, -0.25) is 10.1 Å². The van der Waals surface area contributed by atoms with Crippen molar-refractivity contribution in [2.24, 2.45) is 0 Å². The van der Waals surface area contributed by atoms with Crippen molar-refractivity contribution in [2.75, 3.05) is 17.6 Å². The molecule has 0 aliphatic rings. The predicted molar refractivity (Wildman–Crippen MR) is 123 cm³/mol. The number of hydrogen-bond acceptors (Lipinski definition) is 4. The van der Waals surface area contributed by atoms with E-state index in [2.05, 4.69) is 25.8 Å². The third-order valence-corrected chi connectivity index (χ3v) is 5.49. The van der Waals surface area contributed by atoms with Crippen LogP contribution in [0.2, 0.25) is 0 Å². The molecular formula is C23H19F2N5OS. The van der Waals surface area contributed by atoms with Crippen LogP contribution in [0, 0.1) is 11.6 Å². The van der Waals surface area contributed by atoms with Gasteiger partial charge in [-0.2, -0.15) is 5.10 Å². The fourth-order valence-electron chi connectivity index (χ4n) is 2.96. The molecule has 0 radical (unpaired) electrons. The average molecular weight is 452 g/mol. The maximum Gasteiger partial charge on any atom is 0.319 e. The molecular weight excluding hydrogens is 432 g/mol. The van der Waals surface area contributed by atoms with E-state index in [0.717, 1.165) is 39.3 Å². The fraction of sp³-hybridized carbons (Fsp3) is 0.0870. The van der Waals surface area contributed by atoms with Crippen molar-refractivity contribution in [3.8, 4) is 0 Å². The number of nitrogens with one attached hydrogen (secondary N) is 3. The number of thioether (sulfide) groups is 1. The van der Waals surface area contributed by atoms with Crippen molar-refractivity contribution < 1.29 is 13.6 Å². The summed E-state index contributed by atoms with van der Waals surface area (Å²) in [6.07, 6.45) is 5.58. The monoisotopic (exact) mass is 451 g/mol. The molecule has 0 atom stereocenters. The SMILES string of the molecule is O=C(NCCSc1ccc2c(/C=C/c3ccccn3)n[nH]c2c1)Nc1ccc(F)c(F)c1. The second-order valence-corrected chi connectivity index (χ2v) is 7.93. The minimum atomic E-state index is -1.01. The molecule has 0 fully saturated rings. The molecule has 162 valence electrons. The van der Waals surface area contributed by atoms with Gasteiger partial charge in [0.1, 0.15) is 0 Å². The summed E-state index contributed by atoms with van der Waals surface area (Å²) in [5, 5.41) is 13.6. The van der Waals surface area contributed by atoms with Crippen molar-refractivity contribution in [1.29, 1.82) is 0 Å². The summed E-state index contributed by atoms with van der Waals surface area (Å²) in [4.78, 5) is 17.2. The van der Waals surface area contributed by atoms with Crippen LogP contribution < -0.4 is 10.6 Å². The van der Waals surface area contributed by atoms with Gasteiger partial charge >= 0.3 is 6.03 Å². The fourth-order valence-corrected chi connectivity index (χ4v) is 3.76. The lowest BCUT2D eigenvalue weighted by Crippen LogP contribution is -2.30. The maximum absolute atomic E-state index is 13.2. The number of H-pyrrole nitrogens is 1. The number of fused-ring (bicyclic) bond motifs is 1. The predicted octanol–water partition coefficient (Wildman–Crippen LogP) is 5.32. The highest BCUT2D eigenvalue weighted by Gasteiger charge is 2.07. The van der Waals surface area contributed by atoms with E-state index in [0.29, 0.717) is 12.3 Å². The van der Waals surface area contributed by atoms with Crippen molar-refractivity contribution in [3.05, 3.63) is 83.8 Å². The largest absolute Gasteiger partial charge is 0.337 e. The van der Waals surface area contributed by atoms with Gasteiger partial charge in [-0.1, -0.05) is 6.07 Å². The van der Waals surface area contributed by atoms with Crippen LogP contribution in [0.15, 0.2) is 65.7 Å². The van der Waals surface area contributed by atoms with Gasteiger partial charge in [-0.15, -0.1) is 11.8 Å². The summed E-state index contributed by atoms with van der Waals surface area (Å²) >= 11 is 1.58. The van der Waals surface area contributed by atoms with Crippen LogP contribution in [0.1, 0.15) is 11.4 Å². The van der Waals surface area contributed by atoms with Gasteiger partial charge in [0.2, 0.25) is 0 Å². The molecule has 2 aromatic carbocycles. The molecule has 3 N–H and O–H groups in total. The van der Waals surface area contributed by atoms with Gasteiger partial charge in [-0.05, 0) is 54.6 Å². The highest BCUT2D eigenvalue weighted by molar-refractivity contribution is 7.99. The standard InChI is InChI=1S/C23H19F2N5OS/c24-19-8-4-16(13-20(19)25)28-23(31)27-11-12-32-17-6-7-18-21(29-30-22(18)14-17)9-5-15-3-1-2-10-26-15/h1-10,13-14H,11-12H2,(H,29,30)(H2,27,28,31)/b9-5+. The number of rotatable bonds is 7. The van der Waals surface area contributed by atoms with Crippen LogP contribution in [-0.4, -0.2) is 33.5 Å². The number of urea groups is 1. The van der Waals surface area contributed by atoms with Crippen LogP contribution in [0.25, 0.3) is 23.1 Å². The molecule has 2 aromatic heterocycles. The number of amides is 2. The molecule has 0 bridgehead atoms. The minimum absolute atomic E-state index is 0.187. The minimum Gasteiger partial charge on any atom is -0.337 e. The highest BCUT2D eigenvalue weighted by Crippen LogP contribution is 2.25. The van der Waals surface area contributed by atoms with Gasteiger partial charge < -0.3 is 10.6 Å². The van der Waals surface area contributed by atoms with E-state index in [1.54, 1.807) is 18.0 Å². The zero-order valence-corrected chi connectivity index (χ0v) is 17.6. The first kappa shape index (κ1) is 21.5. The third kappa shape index (κ3) is 5.50. The molecule has 9 heteroatoms. The number of hydrogen-bond donors (Lipinski definition) is 3. The maximum atomic E-state index is 13.2. The number of benzene rings is 2. The second-order valence-electron chi connectivity index (χ2n) is 6.76. The zero-order valence-electron chi connectivity index (χ0n) is 16.8. The Morgan fingerprint density at radius 1 is 1.06 bits per heavy atom. The Labute approximate surface area is 187 Å². The van der Waals surface area contributed by atoms with E-state index in [9.17, 15) is 13.6 Å². The number of aromatic amines is 1. The van der Waals surface area contributed by atoms with Crippen LogP contribution in [0.4, 0.5) is 19.3 Å². The van der Waals surface area contributed by atoms with Gasteiger partial charge in [0.15, 0.2) is 11.6 Å². The summed E-state index contributed by atoms with van der Waals surface area (Å²) in [6.45, 7) is 0.402. The molecule has 4 aromatic rings. The second kappa shape index (κ2) is 10.1. The first-order chi connectivity index (χ1) is 15.6. The van der Waals surface area contributed by atoms with Crippen molar-refractivity contribution in [1.82, 2.24) is 20.5 Å². The van der Waals surface area contributed by atoms with Crippen molar-refractivity contribution in [2.45, 2.75) is 4.90 Å². The molecule has 0 spiro atoms. The number of pyridine rings is 1. The average Bonchev–Trinajstić information content (AvgIpc) is 3.21. The van der Waals surface area contributed by atoms with E-state index in [1.807, 2.05) is 48.6 Å². The summed E-state index contributed by atoms with van der Waals surface area (Å²) in [6, 6.07) is 14.4. The number of halogens is 2. The van der Waals surface area contributed by atoms with E-state index >= 15 is 0 Å². The Bertz CT molecular complexity index is 1260. The molecule has 0 saturated carbocycles. The number of anilines is 1. The van der Waals surface area contributed by atoms with Crippen LogP contribution in [0.5, 0.6) is 0 Å². The Morgan fingerprint density at radius 3 is 2.78 bits per heavy atom. The van der Waals surface area contributed by atoms with Crippen LogP contribution in [0.3, 0.4) is 0 Å². The lowest BCUT2D eigenvalue weighted by molar-refractivity contribution is 0.252. The Balaban J connectivity index is 1.28. The highest BCUT2D eigenvalue weighted by atomic mass is 32.2. The van der Waals surface area contributed by atoms with Crippen LogP contribution in [-0.2, 0) is 0 Å². The zero-order chi connectivity index (χ0) is 22.3. The van der Waals surface area contributed by atoms with Gasteiger partial charge in [0.25, 0.3) is 0 Å². The third-order valence-electron chi connectivity index (χ3n) is 4.50. The topological polar surface area (TPSA) is 82.7 Å². The van der Waals surface area contributed by atoms with E-state index < -0.39 is 17.7 Å². The van der Waals surface area contributed by atoms with E-state index in [4.69, 9.17) is 0 Å². The number of carbonyl (C=O) groups is 1. The quantitative estimate of drug-likeness (QED) is 0.262. The molecule has 4 rings (SSSR count). The van der Waals surface area contributed by atoms with Gasteiger partial charge in [0, 0.05) is 40.5 Å². The Kier molecular flexibility index (Phi) is 6.76. The number of carbonyl (C=O) groups excluding carboxylic acids is 1. The molecule has 0 aliphatic heterocycles. The molecule has 6 nitrogen and oxygen atoms in total. The lowest BCUT2D eigenvalue weighted by Gasteiger charge is -2.08. The lowest BCUT2D eigenvalue weighted by atomic mass is 10.2. The van der Waals surface area contributed by atoms with E-state index in [1.165, 1.54) is 6.07 Å². The molecule has 0 saturated heterocycles. The summed E-state index contributed by atoms with van der Waals surface area (Å²) < 4.78 is 26.1. The van der Waals surface area contributed by atoms with Gasteiger partial charge in [0.05, 0.1) is 16.9 Å². The Morgan fingerprint density at radius 2 is 1.97 bits per heavy atom. The molecule has 2 heterocycles. The molecule has 32 heavy (non-hydrogen) atoms. The Hall–Kier alpha value is -3.72. The van der Waals surface area contributed by atoms with Crippen molar-refractivity contribution >= 4 is 46.5 Å². The smallest absolute Gasteiger partial charge is 0.319 e. The summed E-state index contributed by atoms with van der Waals surface area (Å²) in [5.74, 6) is -1.34. The normalized spacial score (nSPS) is 11.2. The summed E-state index contributed by atoms with van der Waals surface area (Å²) in [5.41, 5.74) is 2.79. The van der Waals surface area contributed by atoms with Gasteiger partial charge in [-0.25, -0.2) is 13.6 Å². The molecule has 0 unspecified atom stereocenters.